The molecule has 100 valence electrons. The first-order valence-electron chi connectivity index (χ1n) is 6.09. The highest BCUT2D eigenvalue weighted by atomic mass is 16.6. The number of carbonyl (C=O) groups excluding carboxylic acids is 1. The number of likely N-dealkylation sites (tertiary alicyclic amines) is 1. The average Bonchev–Trinajstić information content (AvgIpc) is 2.57. The first-order valence-corrected chi connectivity index (χ1v) is 6.09. The number of aryl methyl sites for hydroxylation is 1. The van der Waals surface area contributed by atoms with Crippen molar-refractivity contribution >= 4 is 6.09 Å². The standard InChI is InChI=1S/C13H20N2O3/c1-8-5-6-10(17-8)11-9(14)7-15(11)12(16)18-13(2,3)4/h5-6,9,11H,7,14H2,1-4H3. The first-order chi connectivity index (χ1) is 8.28. The summed E-state index contributed by atoms with van der Waals surface area (Å²) in [5.41, 5.74) is 5.45. The molecular formula is C13H20N2O3. The summed E-state index contributed by atoms with van der Waals surface area (Å²) in [7, 11) is 0. The van der Waals surface area contributed by atoms with E-state index in [1.165, 1.54) is 0 Å². The van der Waals surface area contributed by atoms with E-state index in [1.807, 2.05) is 39.8 Å². The van der Waals surface area contributed by atoms with Gasteiger partial charge in [-0.3, -0.25) is 4.90 Å². The number of nitrogens with two attached hydrogens (primary N) is 1. The van der Waals surface area contributed by atoms with Crippen molar-refractivity contribution in [2.75, 3.05) is 6.54 Å². The summed E-state index contributed by atoms with van der Waals surface area (Å²) in [5.74, 6) is 1.53. The van der Waals surface area contributed by atoms with Gasteiger partial charge in [-0.1, -0.05) is 0 Å². The molecule has 2 N–H and O–H groups in total. The molecule has 0 aromatic carbocycles. The van der Waals surface area contributed by atoms with Gasteiger partial charge in [0.15, 0.2) is 0 Å². The number of nitrogens with zero attached hydrogens (tertiary/aromatic N) is 1. The summed E-state index contributed by atoms with van der Waals surface area (Å²) >= 11 is 0. The minimum atomic E-state index is -0.500. The van der Waals surface area contributed by atoms with Crippen LogP contribution in [0.4, 0.5) is 4.79 Å². The molecule has 2 atom stereocenters. The maximum atomic E-state index is 12.0. The predicted molar refractivity (Wildman–Crippen MR) is 67.1 cm³/mol. The highest BCUT2D eigenvalue weighted by molar-refractivity contribution is 5.70. The van der Waals surface area contributed by atoms with Crippen LogP contribution in [0.25, 0.3) is 0 Å². The summed E-state index contributed by atoms with van der Waals surface area (Å²) in [5, 5.41) is 0. The molecule has 1 aromatic heterocycles. The van der Waals surface area contributed by atoms with Crippen LogP contribution in [0.2, 0.25) is 0 Å². The maximum absolute atomic E-state index is 12.0. The molecule has 1 fully saturated rings. The fraction of sp³-hybridized carbons (Fsp3) is 0.615. The van der Waals surface area contributed by atoms with Gasteiger partial charge in [-0.25, -0.2) is 4.79 Å². The van der Waals surface area contributed by atoms with Gasteiger partial charge in [-0.2, -0.15) is 0 Å². The molecular weight excluding hydrogens is 232 g/mol. The highest BCUT2D eigenvalue weighted by Gasteiger charge is 2.44. The molecule has 18 heavy (non-hydrogen) atoms. The smallest absolute Gasteiger partial charge is 0.411 e. The number of amides is 1. The monoisotopic (exact) mass is 252 g/mol. The summed E-state index contributed by atoms with van der Waals surface area (Å²) in [4.78, 5) is 13.6. The van der Waals surface area contributed by atoms with Crippen LogP contribution >= 0.6 is 0 Å². The van der Waals surface area contributed by atoms with Crippen molar-refractivity contribution in [3.05, 3.63) is 23.7 Å². The van der Waals surface area contributed by atoms with Crippen LogP contribution in [0, 0.1) is 6.92 Å². The molecule has 1 amide bonds. The summed E-state index contributed by atoms with van der Waals surface area (Å²) < 4.78 is 10.9. The molecule has 1 aromatic rings. The van der Waals surface area contributed by atoms with Gasteiger partial charge in [0.2, 0.25) is 0 Å². The molecule has 0 spiro atoms. The van der Waals surface area contributed by atoms with Crippen LogP contribution in [0.3, 0.4) is 0 Å². The van der Waals surface area contributed by atoms with Crippen molar-refractivity contribution in [1.29, 1.82) is 0 Å². The van der Waals surface area contributed by atoms with Crippen molar-refractivity contribution in [3.8, 4) is 0 Å². The summed E-state index contributed by atoms with van der Waals surface area (Å²) in [6, 6.07) is 3.42. The van der Waals surface area contributed by atoms with Crippen molar-refractivity contribution < 1.29 is 13.9 Å². The number of hydrogen-bond donors (Lipinski definition) is 1. The Kier molecular flexibility index (Phi) is 3.11. The molecule has 0 radical (unpaired) electrons. The van der Waals surface area contributed by atoms with E-state index in [1.54, 1.807) is 4.90 Å². The summed E-state index contributed by atoms with van der Waals surface area (Å²) in [6.45, 7) is 7.90. The molecule has 0 bridgehead atoms. The first kappa shape index (κ1) is 13.0. The van der Waals surface area contributed by atoms with E-state index in [2.05, 4.69) is 0 Å². The van der Waals surface area contributed by atoms with E-state index in [9.17, 15) is 4.79 Å². The van der Waals surface area contributed by atoms with Gasteiger partial charge in [0.05, 0.1) is 6.04 Å². The van der Waals surface area contributed by atoms with Crippen molar-refractivity contribution in [1.82, 2.24) is 4.90 Å². The van der Waals surface area contributed by atoms with E-state index in [-0.39, 0.29) is 18.2 Å². The van der Waals surface area contributed by atoms with E-state index in [0.29, 0.717) is 6.54 Å². The maximum Gasteiger partial charge on any atom is 0.411 e. The van der Waals surface area contributed by atoms with Crippen molar-refractivity contribution in [2.45, 2.75) is 45.4 Å². The van der Waals surface area contributed by atoms with Gasteiger partial charge < -0.3 is 14.9 Å². The quantitative estimate of drug-likeness (QED) is 0.832. The van der Waals surface area contributed by atoms with Crippen molar-refractivity contribution in [3.63, 3.8) is 0 Å². The van der Waals surface area contributed by atoms with Crippen LogP contribution < -0.4 is 5.73 Å². The number of furan rings is 1. The fourth-order valence-electron chi connectivity index (χ4n) is 2.02. The Morgan fingerprint density at radius 3 is 2.61 bits per heavy atom. The Labute approximate surface area is 107 Å². The third kappa shape index (κ3) is 2.51. The van der Waals surface area contributed by atoms with Gasteiger partial charge >= 0.3 is 6.09 Å². The lowest BCUT2D eigenvalue weighted by atomic mass is 9.95. The third-order valence-electron chi connectivity index (χ3n) is 2.83. The zero-order chi connectivity index (χ0) is 13.5. The Morgan fingerprint density at radius 1 is 1.50 bits per heavy atom. The lowest BCUT2D eigenvalue weighted by molar-refractivity contribution is -0.0181. The second-order valence-electron chi connectivity index (χ2n) is 5.69. The zero-order valence-electron chi connectivity index (χ0n) is 11.3. The molecule has 1 saturated heterocycles. The van der Waals surface area contributed by atoms with Crippen LogP contribution in [0.15, 0.2) is 16.5 Å². The van der Waals surface area contributed by atoms with Gasteiger partial charge in [-0.05, 0) is 39.8 Å². The van der Waals surface area contributed by atoms with E-state index < -0.39 is 5.60 Å². The van der Waals surface area contributed by atoms with Crippen LogP contribution in [0.1, 0.15) is 38.3 Å². The highest BCUT2D eigenvalue weighted by Crippen LogP contribution is 2.34. The minimum absolute atomic E-state index is 0.0944. The van der Waals surface area contributed by atoms with Gasteiger partial charge in [-0.15, -0.1) is 0 Å². The molecule has 2 rings (SSSR count). The topological polar surface area (TPSA) is 68.7 Å². The molecule has 0 aliphatic carbocycles. The normalized spacial score (nSPS) is 23.7. The van der Waals surface area contributed by atoms with E-state index in [0.717, 1.165) is 11.5 Å². The van der Waals surface area contributed by atoms with Crippen LogP contribution in [-0.4, -0.2) is 29.2 Å². The molecule has 2 heterocycles. The third-order valence-corrected chi connectivity index (χ3v) is 2.83. The molecule has 1 aliphatic heterocycles. The lowest BCUT2D eigenvalue weighted by Gasteiger charge is -2.44. The second-order valence-corrected chi connectivity index (χ2v) is 5.69. The van der Waals surface area contributed by atoms with Gasteiger partial charge in [0.1, 0.15) is 23.2 Å². The Morgan fingerprint density at radius 2 is 2.17 bits per heavy atom. The van der Waals surface area contributed by atoms with Crippen LogP contribution in [0.5, 0.6) is 0 Å². The molecule has 5 nitrogen and oxygen atoms in total. The average molecular weight is 252 g/mol. The molecule has 5 heteroatoms. The summed E-state index contributed by atoms with van der Waals surface area (Å²) in [6.07, 6.45) is -0.344. The fourth-order valence-corrected chi connectivity index (χ4v) is 2.02. The van der Waals surface area contributed by atoms with Gasteiger partial charge in [0, 0.05) is 6.54 Å². The predicted octanol–water partition coefficient (Wildman–Crippen LogP) is 2.21. The molecule has 2 unspecified atom stereocenters. The SMILES string of the molecule is Cc1ccc(C2C(N)CN2C(=O)OC(C)(C)C)o1. The van der Waals surface area contributed by atoms with Gasteiger partial charge in [0.25, 0.3) is 0 Å². The van der Waals surface area contributed by atoms with Crippen LogP contribution in [-0.2, 0) is 4.74 Å². The van der Waals surface area contributed by atoms with E-state index >= 15 is 0 Å². The molecule has 0 saturated carbocycles. The second kappa shape index (κ2) is 4.31. The number of carbonyl (C=O) groups is 1. The number of ether oxygens (including phenoxy) is 1. The zero-order valence-corrected chi connectivity index (χ0v) is 11.3. The Balaban J connectivity index is 2.09. The Hall–Kier alpha value is -1.49. The van der Waals surface area contributed by atoms with E-state index in [4.69, 9.17) is 14.9 Å². The largest absolute Gasteiger partial charge is 0.464 e. The molecule has 1 aliphatic rings. The Bertz CT molecular complexity index is 447. The van der Waals surface area contributed by atoms with Crippen molar-refractivity contribution in [2.24, 2.45) is 5.73 Å². The number of rotatable bonds is 1. The number of hydrogen-bond acceptors (Lipinski definition) is 4. The minimum Gasteiger partial charge on any atom is -0.464 e. The lowest BCUT2D eigenvalue weighted by Crippen LogP contribution is -2.60.